The second-order valence-electron chi connectivity index (χ2n) is 6.38. The fraction of sp³-hybridized carbons (Fsp3) is 0.733. The second-order valence-corrected chi connectivity index (χ2v) is 9.41. The molecule has 1 unspecified atom stereocenters. The van der Waals surface area contributed by atoms with Gasteiger partial charge in [0.25, 0.3) is 10.0 Å². The molecule has 1 atom stereocenters. The molecular weight excluding hydrogens is 304 g/mol. The number of sulfonamides is 1. The van der Waals surface area contributed by atoms with Crippen molar-refractivity contribution in [3.8, 4) is 0 Å². The van der Waals surface area contributed by atoms with Crippen LogP contribution in [0.4, 0.5) is 0 Å². The third kappa shape index (κ3) is 3.86. The number of hydrogen-bond acceptors (Lipinski definition) is 4. The van der Waals surface area contributed by atoms with Crippen molar-refractivity contribution < 1.29 is 8.42 Å². The normalized spacial score (nSPS) is 20.8. The van der Waals surface area contributed by atoms with Gasteiger partial charge >= 0.3 is 0 Å². The van der Waals surface area contributed by atoms with Gasteiger partial charge < -0.3 is 5.32 Å². The van der Waals surface area contributed by atoms with E-state index < -0.39 is 10.0 Å². The largest absolute Gasteiger partial charge is 0.310 e. The van der Waals surface area contributed by atoms with Crippen molar-refractivity contribution in [3.63, 3.8) is 0 Å². The first-order valence-corrected chi connectivity index (χ1v) is 9.97. The van der Waals surface area contributed by atoms with E-state index in [9.17, 15) is 8.42 Å². The molecule has 1 saturated heterocycles. The van der Waals surface area contributed by atoms with Crippen molar-refractivity contribution in [2.24, 2.45) is 5.92 Å². The van der Waals surface area contributed by atoms with Crippen molar-refractivity contribution >= 4 is 21.4 Å². The van der Waals surface area contributed by atoms with Gasteiger partial charge in [0, 0.05) is 25.2 Å². The highest BCUT2D eigenvalue weighted by atomic mass is 32.2. The molecular formula is C15H26N2O2S2. The number of thiophene rings is 1. The van der Waals surface area contributed by atoms with Gasteiger partial charge in [-0.15, -0.1) is 11.3 Å². The Hall–Kier alpha value is -0.430. The van der Waals surface area contributed by atoms with Crippen LogP contribution >= 0.6 is 11.3 Å². The number of hydrogen-bond donors (Lipinski definition) is 1. The summed E-state index contributed by atoms with van der Waals surface area (Å²) in [5, 5.41) is 5.27. The first-order chi connectivity index (χ1) is 9.82. The number of rotatable bonds is 6. The molecule has 6 heteroatoms. The minimum Gasteiger partial charge on any atom is -0.310 e. The molecule has 1 aliphatic rings. The Kier molecular flexibility index (Phi) is 5.46. The highest BCUT2D eigenvalue weighted by Gasteiger charge is 2.37. The average molecular weight is 331 g/mol. The smallest absolute Gasteiger partial charge is 0.252 e. The molecule has 4 nitrogen and oxygen atoms in total. The monoisotopic (exact) mass is 330 g/mol. The van der Waals surface area contributed by atoms with E-state index in [0.717, 1.165) is 24.9 Å². The van der Waals surface area contributed by atoms with Gasteiger partial charge in [0.1, 0.15) is 4.21 Å². The van der Waals surface area contributed by atoms with E-state index in [4.69, 9.17) is 0 Å². The molecule has 0 aromatic carbocycles. The molecule has 0 amide bonds. The zero-order chi connectivity index (χ0) is 15.6. The summed E-state index contributed by atoms with van der Waals surface area (Å²) in [6.07, 6.45) is 1.94. The molecule has 1 aromatic rings. The summed E-state index contributed by atoms with van der Waals surface area (Å²) in [7, 11) is -3.33. The Morgan fingerprint density at radius 1 is 1.38 bits per heavy atom. The van der Waals surface area contributed by atoms with Gasteiger partial charge in [0.05, 0.1) is 0 Å². The summed E-state index contributed by atoms with van der Waals surface area (Å²) in [5.41, 5.74) is 1.05. The van der Waals surface area contributed by atoms with Crippen molar-refractivity contribution in [1.29, 1.82) is 0 Å². The van der Waals surface area contributed by atoms with E-state index in [2.05, 4.69) is 33.0 Å². The molecule has 0 bridgehead atoms. The van der Waals surface area contributed by atoms with Gasteiger partial charge in [-0.2, -0.15) is 4.31 Å². The quantitative estimate of drug-likeness (QED) is 0.872. The van der Waals surface area contributed by atoms with Gasteiger partial charge in [0.2, 0.25) is 0 Å². The van der Waals surface area contributed by atoms with E-state index in [-0.39, 0.29) is 6.04 Å². The predicted octanol–water partition coefficient (Wildman–Crippen LogP) is 3.06. The third-order valence-electron chi connectivity index (χ3n) is 3.92. The summed E-state index contributed by atoms with van der Waals surface area (Å²) in [6, 6.07) is 2.37. The maximum absolute atomic E-state index is 12.8. The Bertz CT molecular complexity index is 564. The lowest BCUT2D eigenvalue weighted by molar-refractivity contribution is 0.316. The van der Waals surface area contributed by atoms with Crippen LogP contribution < -0.4 is 5.32 Å². The van der Waals surface area contributed by atoms with Crippen molar-refractivity contribution in [1.82, 2.24) is 9.62 Å². The average Bonchev–Trinajstić information content (AvgIpc) is 3.05. The topological polar surface area (TPSA) is 49.4 Å². The Balaban J connectivity index is 2.16. The van der Waals surface area contributed by atoms with Crippen molar-refractivity contribution in [2.75, 3.05) is 6.54 Å². The lowest BCUT2D eigenvalue weighted by Crippen LogP contribution is -2.38. The standard InChI is InChI=1S/C15H26N2O2S2/c1-11(2)14-6-5-7-17(14)21(18,19)15-8-13(10-20-15)9-16-12(3)4/h8,10-12,14,16H,5-7,9H2,1-4H3. The molecule has 0 saturated carbocycles. The summed E-state index contributed by atoms with van der Waals surface area (Å²) in [5.74, 6) is 0.365. The van der Waals surface area contributed by atoms with Crippen molar-refractivity contribution in [2.45, 2.75) is 63.4 Å². The lowest BCUT2D eigenvalue weighted by Gasteiger charge is -2.26. The van der Waals surface area contributed by atoms with Crippen LogP contribution in [0.15, 0.2) is 15.7 Å². The highest BCUT2D eigenvalue weighted by Crippen LogP contribution is 2.32. The molecule has 0 spiro atoms. The molecule has 1 fully saturated rings. The molecule has 21 heavy (non-hydrogen) atoms. The Labute approximate surface area is 132 Å². The zero-order valence-corrected chi connectivity index (χ0v) is 14.9. The van der Waals surface area contributed by atoms with Crippen LogP contribution in [-0.4, -0.2) is 31.4 Å². The predicted molar refractivity (Wildman–Crippen MR) is 88.0 cm³/mol. The van der Waals surface area contributed by atoms with Crippen LogP contribution in [-0.2, 0) is 16.6 Å². The Morgan fingerprint density at radius 2 is 2.10 bits per heavy atom. The summed E-state index contributed by atoms with van der Waals surface area (Å²) in [4.78, 5) is 0. The minimum absolute atomic E-state index is 0.148. The van der Waals surface area contributed by atoms with Crippen LogP contribution in [0.3, 0.4) is 0 Å². The highest BCUT2D eigenvalue weighted by molar-refractivity contribution is 7.91. The molecule has 1 aliphatic heterocycles. The maximum Gasteiger partial charge on any atom is 0.252 e. The Morgan fingerprint density at radius 3 is 2.71 bits per heavy atom. The second kappa shape index (κ2) is 6.77. The van der Waals surface area contributed by atoms with Crippen LogP contribution in [0, 0.1) is 5.92 Å². The third-order valence-corrected chi connectivity index (χ3v) is 7.31. The summed E-state index contributed by atoms with van der Waals surface area (Å²) in [6.45, 7) is 9.75. The number of nitrogens with one attached hydrogen (secondary N) is 1. The molecule has 0 radical (unpaired) electrons. The molecule has 2 heterocycles. The molecule has 1 aromatic heterocycles. The van der Waals surface area contributed by atoms with E-state index >= 15 is 0 Å². The molecule has 2 rings (SSSR count). The first-order valence-electron chi connectivity index (χ1n) is 7.65. The van der Waals surface area contributed by atoms with Crippen LogP contribution in [0.5, 0.6) is 0 Å². The zero-order valence-electron chi connectivity index (χ0n) is 13.3. The summed E-state index contributed by atoms with van der Waals surface area (Å²) >= 11 is 1.34. The molecule has 0 aliphatic carbocycles. The number of nitrogens with zero attached hydrogens (tertiary/aromatic N) is 1. The molecule has 1 N–H and O–H groups in total. The summed E-state index contributed by atoms with van der Waals surface area (Å²) < 4.78 is 27.8. The van der Waals surface area contributed by atoms with Gasteiger partial charge in [-0.1, -0.05) is 27.7 Å². The first kappa shape index (κ1) is 16.9. The van der Waals surface area contributed by atoms with Crippen LogP contribution in [0.1, 0.15) is 46.1 Å². The molecule has 120 valence electrons. The van der Waals surface area contributed by atoms with Crippen LogP contribution in [0.2, 0.25) is 0 Å². The fourth-order valence-corrected chi connectivity index (χ4v) is 5.91. The fourth-order valence-electron chi connectivity index (χ4n) is 2.75. The van der Waals surface area contributed by atoms with E-state index in [1.54, 1.807) is 4.31 Å². The van der Waals surface area contributed by atoms with E-state index in [1.165, 1.54) is 11.3 Å². The van der Waals surface area contributed by atoms with Gasteiger partial charge in [0.15, 0.2) is 0 Å². The van der Waals surface area contributed by atoms with E-state index in [0.29, 0.717) is 22.7 Å². The van der Waals surface area contributed by atoms with Crippen molar-refractivity contribution in [3.05, 3.63) is 17.0 Å². The SMILES string of the molecule is CC(C)NCc1csc(S(=O)(=O)N2CCCC2C(C)C)c1. The van der Waals surface area contributed by atoms with Gasteiger partial charge in [-0.3, -0.25) is 0 Å². The van der Waals surface area contributed by atoms with E-state index in [1.807, 2.05) is 11.4 Å². The van der Waals surface area contributed by atoms with Gasteiger partial charge in [-0.05, 0) is 35.8 Å². The lowest BCUT2D eigenvalue weighted by atomic mass is 10.0. The maximum atomic E-state index is 12.8. The van der Waals surface area contributed by atoms with Crippen LogP contribution in [0.25, 0.3) is 0 Å². The van der Waals surface area contributed by atoms with Gasteiger partial charge in [-0.25, -0.2) is 8.42 Å². The minimum atomic E-state index is -3.33.